The monoisotopic (exact) mass is 218 g/mol. The van der Waals surface area contributed by atoms with Gasteiger partial charge < -0.3 is 14.6 Å². The Hall–Kier alpha value is -0.610. The van der Waals surface area contributed by atoms with E-state index in [1.807, 2.05) is 20.8 Å². The molecule has 0 aromatic heterocycles. The summed E-state index contributed by atoms with van der Waals surface area (Å²) in [6, 6.07) is 0. The van der Waals surface area contributed by atoms with Gasteiger partial charge in [0.1, 0.15) is 0 Å². The summed E-state index contributed by atoms with van der Waals surface area (Å²) in [6.45, 7) is 6.40. The fourth-order valence-electron chi connectivity index (χ4n) is 1.21. The van der Waals surface area contributed by atoms with Gasteiger partial charge in [0.15, 0.2) is 0 Å². The van der Waals surface area contributed by atoms with Crippen LogP contribution in [0.1, 0.15) is 46.5 Å². The number of esters is 1. The number of aliphatic hydroxyl groups excluding tert-OH is 1. The second-order valence-corrected chi connectivity index (χ2v) is 3.54. The lowest BCUT2D eigenvalue weighted by Gasteiger charge is -2.13. The molecule has 0 aliphatic heterocycles. The van der Waals surface area contributed by atoms with Gasteiger partial charge in [-0.2, -0.15) is 0 Å². The van der Waals surface area contributed by atoms with Crippen LogP contribution in [0.4, 0.5) is 0 Å². The quantitative estimate of drug-likeness (QED) is 0.499. The third kappa shape index (κ3) is 8.39. The molecule has 15 heavy (non-hydrogen) atoms. The number of carbonyl (C=O) groups is 1. The summed E-state index contributed by atoms with van der Waals surface area (Å²) >= 11 is 0. The maximum absolute atomic E-state index is 11.2. The molecule has 0 saturated carbocycles. The van der Waals surface area contributed by atoms with Crippen molar-refractivity contribution in [2.24, 2.45) is 0 Å². The predicted octanol–water partition coefficient (Wildman–Crippen LogP) is 1.85. The predicted molar refractivity (Wildman–Crippen MR) is 57.3 cm³/mol. The van der Waals surface area contributed by atoms with E-state index in [4.69, 9.17) is 9.47 Å². The van der Waals surface area contributed by atoms with Crippen LogP contribution in [0.5, 0.6) is 0 Å². The summed E-state index contributed by atoms with van der Waals surface area (Å²) in [5, 5.41) is 9.21. The molecule has 0 fully saturated rings. The van der Waals surface area contributed by atoms with Crippen LogP contribution < -0.4 is 0 Å². The minimum absolute atomic E-state index is 0.0610. The molecule has 4 nitrogen and oxygen atoms in total. The van der Waals surface area contributed by atoms with E-state index < -0.39 is 6.29 Å². The molecular weight excluding hydrogens is 196 g/mol. The fraction of sp³-hybridized carbons (Fsp3) is 0.909. The molecule has 90 valence electrons. The van der Waals surface area contributed by atoms with E-state index in [2.05, 4.69) is 0 Å². The van der Waals surface area contributed by atoms with Crippen molar-refractivity contribution in [3.63, 3.8) is 0 Å². The lowest BCUT2D eigenvalue weighted by atomic mass is 10.2. The molecule has 0 rings (SSSR count). The minimum Gasteiger partial charge on any atom is -0.436 e. The van der Waals surface area contributed by atoms with Gasteiger partial charge in [0.25, 0.3) is 0 Å². The highest BCUT2D eigenvalue weighted by atomic mass is 16.6. The second-order valence-electron chi connectivity index (χ2n) is 3.54. The normalized spacial score (nSPS) is 14.7. The van der Waals surface area contributed by atoms with Crippen LogP contribution in [-0.4, -0.2) is 30.1 Å². The minimum atomic E-state index is -0.954. The summed E-state index contributed by atoms with van der Waals surface area (Å²) < 4.78 is 10.1. The van der Waals surface area contributed by atoms with E-state index in [1.54, 1.807) is 0 Å². The molecule has 0 radical (unpaired) electrons. The SMILES string of the molecule is CCCC(O)OC(=O)CCC(C)OCC. The number of rotatable bonds is 8. The number of hydrogen-bond acceptors (Lipinski definition) is 4. The molecule has 0 bridgehead atoms. The first-order chi connectivity index (χ1) is 7.10. The van der Waals surface area contributed by atoms with Gasteiger partial charge in [0.2, 0.25) is 6.29 Å². The van der Waals surface area contributed by atoms with Crippen molar-refractivity contribution in [3.8, 4) is 0 Å². The number of hydrogen-bond donors (Lipinski definition) is 1. The number of carbonyl (C=O) groups excluding carboxylic acids is 1. The first kappa shape index (κ1) is 14.4. The van der Waals surface area contributed by atoms with Crippen LogP contribution >= 0.6 is 0 Å². The van der Waals surface area contributed by atoms with Gasteiger partial charge >= 0.3 is 5.97 Å². The Bertz CT molecular complexity index is 170. The third-order valence-corrected chi connectivity index (χ3v) is 2.01. The maximum atomic E-state index is 11.2. The van der Waals surface area contributed by atoms with Crippen molar-refractivity contribution in [1.82, 2.24) is 0 Å². The molecule has 0 saturated heterocycles. The Morgan fingerprint density at radius 3 is 2.53 bits per heavy atom. The van der Waals surface area contributed by atoms with Crippen LogP contribution in [0.2, 0.25) is 0 Å². The zero-order chi connectivity index (χ0) is 11.7. The van der Waals surface area contributed by atoms with E-state index in [0.29, 0.717) is 25.9 Å². The summed E-state index contributed by atoms with van der Waals surface area (Å²) in [6.07, 6.45) is 1.32. The topological polar surface area (TPSA) is 55.8 Å². The molecule has 0 amide bonds. The second kappa shape index (κ2) is 8.68. The van der Waals surface area contributed by atoms with Gasteiger partial charge in [-0.05, 0) is 20.3 Å². The Morgan fingerprint density at radius 1 is 1.33 bits per heavy atom. The number of ether oxygens (including phenoxy) is 2. The van der Waals surface area contributed by atoms with Crippen LogP contribution in [0.25, 0.3) is 0 Å². The lowest BCUT2D eigenvalue weighted by Crippen LogP contribution is -2.19. The Morgan fingerprint density at radius 2 is 2.00 bits per heavy atom. The molecule has 1 N–H and O–H groups in total. The molecular formula is C11H22O4. The Labute approximate surface area is 91.6 Å². The molecule has 0 spiro atoms. The highest BCUT2D eigenvalue weighted by Crippen LogP contribution is 2.05. The van der Waals surface area contributed by atoms with Gasteiger partial charge in [-0.15, -0.1) is 0 Å². The summed E-state index contributed by atoms with van der Waals surface area (Å²) in [7, 11) is 0. The zero-order valence-electron chi connectivity index (χ0n) is 9.86. The molecule has 4 heteroatoms. The van der Waals surface area contributed by atoms with E-state index in [9.17, 15) is 9.90 Å². The van der Waals surface area contributed by atoms with Crippen molar-refractivity contribution >= 4 is 5.97 Å². The summed E-state index contributed by atoms with van der Waals surface area (Å²) in [4.78, 5) is 11.2. The van der Waals surface area contributed by atoms with Crippen molar-refractivity contribution in [1.29, 1.82) is 0 Å². The van der Waals surface area contributed by atoms with Gasteiger partial charge in [-0.1, -0.05) is 13.3 Å². The van der Waals surface area contributed by atoms with Crippen LogP contribution in [0, 0.1) is 0 Å². The molecule has 0 aromatic rings. The van der Waals surface area contributed by atoms with Gasteiger partial charge in [-0.25, -0.2) is 0 Å². The van der Waals surface area contributed by atoms with Crippen LogP contribution in [0.15, 0.2) is 0 Å². The van der Waals surface area contributed by atoms with E-state index in [0.717, 1.165) is 6.42 Å². The largest absolute Gasteiger partial charge is 0.436 e. The lowest BCUT2D eigenvalue weighted by molar-refractivity contribution is -0.169. The van der Waals surface area contributed by atoms with Crippen LogP contribution in [0.3, 0.4) is 0 Å². The molecule has 0 aliphatic carbocycles. The van der Waals surface area contributed by atoms with Gasteiger partial charge in [-0.3, -0.25) is 4.79 Å². The Balaban J connectivity index is 3.56. The highest BCUT2D eigenvalue weighted by Gasteiger charge is 2.11. The average molecular weight is 218 g/mol. The molecule has 2 unspecified atom stereocenters. The molecule has 0 aromatic carbocycles. The number of aliphatic hydroxyl groups is 1. The summed E-state index contributed by atoms with van der Waals surface area (Å²) in [5.41, 5.74) is 0. The smallest absolute Gasteiger partial charge is 0.308 e. The van der Waals surface area contributed by atoms with Gasteiger partial charge in [0.05, 0.1) is 6.10 Å². The van der Waals surface area contributed by atoms with Crippen molar-refractivity contribution in [2.75, 3.05) is 6.61 Å². The van der Waals surface area contributed by atoms with Crippen LogP contribution in [-0.2, 0) is 14.3 Å². The van der Waals surface area contributed by atoms with E-state index in [-0.39, 0.29) is 12.1 Å². The fourth-order valence-corrected chi connectivity index (χ4v) is 1.21. The molecule has 0 heterocycles. The highest BCUT2D eigenvalue weighted by molar-refractivity contribution is 5.69. The standard InChI is InChI=1S/C11H22O4/c1-4-6-10(12)15-11(13)8-7-9(3)14-5-2/h9-10,12H,4-8H2,1-3H3. The van der Waals surface area contributed by atoms with Gasteiger partial charge in [0, 0.05) is 19.4 Å². The molecule has 2 atom stereocenters. The third-order valence-electron chi connectivity index (χ3n) is 2.01. The Kier molecular flexibility index (Phi) is 8.33. The maximum Gasteiger partial charge on any atom is 0.308 e. The first-order valence-electron chi connectivity index (χ1n) is 5.59. The van der Waals surface area contributed by atoms with Crippen molar-refractivity contribution in [2.45, 2.75) is 58.8 Å². The van der Waals surface area contributed by atoms with Crippen molar-refractivity contribution in [3.05, 3.63) is 0 Å². The van der Waals surface area contributed by atoms with Crippen molar-refractivity contribution < 1.29 is 19.4 Å². The average Bonchev–Trinajstić information content (AvgIpc) is 2.15. The summed E-state index contributed by atoms with van der Waals surface area (Å²) in [5.74, 6) is -0.359. The molecule has 0 aliphatic rings. The first-order valence-corrected chi connectivity index (χ1v) is 5.59. The van der Waals surface area contributed by atoms with E-state index >= 15 is 0 Å². The zero-order valence-corrected chi connectivity index (χ0v) is 9.86. The van der Waals surface area contributed by atoms with E-state index in [1.165, 1.54) is 0 Å².